The molecule has 1 unspecified atom stereocenters. The molecule has 0 aromatic heterocycles. The summed E-state index contributed by atoms with van der Waals surface area (Å²) in [5.74, 6) is 0.711. The highest BCUT2D eigenvalue weighted by Gasteiger charge is 2.19. The Balaban J connectivity index is 3.65. The highest BCUT2D eigenvalue weighted by atomic mass is 14.9. The summed E-state index contributed by atoms with van der Waals surface area (Å²) in [6.45, 7) is 13.8. The predicted octanol–water partition coefficient (Wildman–Crippen LogP) is 8.85. The second-order valence-electron chi connectivity index (χ2n) is 9.10. The Morgan fingerprint density at radius 2 is 1.36 bits per heavy atom. The first kappa shape index (κ1) is 27.4. The summed E-state index contributed by atoms with van der Waals surface area (Å²) in [7, 11) is 0. The largest absolute Gasteiger partial charge is 0.316 e. The second kappa shape index (κ2) is 19.7. The van der Waals surface area contributed by atoms with Gasteiger partial charge in [-0.05, 0) is 56.8 Å². The van der Waals surface area contributed by atoms with Crippen LogP contribution >= 0.6 is 0 Å². The van der Waals surface area contributed by atoms with Crippen molar-refractivity contribution in [1.82, 2.24) is 5.32 Å². The summed E-state index contributed by atoms with van der Waals surface area (Å²) in [4.78, 5) is 0. The smallest absolute Gasteiger partial charge is 0.00144 e. The van der Waals surface area contributed by atoms with Crippen molar-refractivity contribution >= 4 is 0 Å². The van der Waals surface area contributed by atoms with Crippen LogP contribution in [0.1, 0.15) is 125 Å². The fourth-order valence-corrected chi connectivity index (χ4v) is 3.71. The van der Waals surface area contributed by atoms with Gasteiger partial charge in [-0.2, -0.15) is 0 Å². The first-order valence-electron chi connectivity index (χ1n) is 12.6. The molecule has 0 fully saturated rings. The molecule has 0 saturated carbocycles. The number of hydrogen-bond acceptors (Lipinski definition) is 1. The van der Waals surface area contributed by atoms with Crippen LogP contribution in [0, 0.1) is 11.3 Å². The molecule has 0 heterocycles. The van der Waals surface area contributed by atoms with Crippen molar-refractivity contribution in [1.29, 1.82) is 0 Å². The van der Waals surface area contributed by atoms with Gasteiger partial charge < -0.3 is 5.32 Å². The van der Waals surface area contributed by atoms with E-state index in [0.717, 1.165) is 13.1 Å². The standard InChI is InChI=1S/C27H53N/c1-6-10-11-12-13-14-15-16-17-18-19-20-21-23-26(22-7-2)24-28-25-27(5,8-3)9-4/h7,12-13,22,26,28H,6,8-11,14-21,23-25H2,1-5H3/b13-12+,22-7-. The van der Waals surface area contributed by atoms with Crippen molar-refractivity contribution in [2.45, 2.75) is 125 Å². The SMILES string of the molecule is C/C=C\C(CCCCCCCCC/C=C/CCCC)CNCC(C)(CC)CC. The maximum atomic E-state index is 3.75. The van der Waals surface area contributed by atoms with Crippen LogP contribution in [0.3, 0.4) is 0 Å². The van der Waals surface area contributed by atoms with Gasteiger partial charge in [0, 0.05) is 13.1 Å². The summed E-state index contributed by atoms with van der Waals surface area (Å²) < 4.78 is 0. The van der Waals surface area contributed by atoms with Crippen LogP contribution < -0.4 is 5.32 Å². The predicted molar refractivity (Wildman–Crippen MR) is 130 cm³/mol. The molecule has 0 amide bonds. The lowest BCUT2D eigenvalue weighted by Gasteiger charge is -2.28. The first-order valence-corrected chi connectivity index (χ1v) is 12.6. The van der Waals surface area contributed by atoms with Gasteiger partial charge in [-0.1, -0.05) is 103 Å². The molecule has 1 heteroatoms. The Labute approximate surface area is 178 Å². The van der Waals surface area contributed by atoms with Gasteiger partial charge in [0.2, 0.25) is 0 Å². The lowest BCUT2D eigenvalue weighted by molar-refractivity contribution is 0.276. The molecule has 0 aromatic carbocycles. The number of rotatable bonds is 20. The van der Waals surface area contributed by atoms with Gasteiger partial charge >= 0.3 is 0 Å². The Bertz CT molecular complexity index is 364. The Morgan fingerprint density at radius 1 is 0.786 bits per heavy atom. The third kappa shape index (κ3) is 16.4. The van der Waals surface area contributed by atoms with E-state index in [1.165, 1.54) is 89.9 Å². The Morgan fingerprint density at radius 3 is 1.93 bits per heavy atom. The minimum Gasteiger partial charge on any atom is -0.316 e. The van der Waals surface area contributed by atoms with Gasteiger partial charge in [0.1, 0.15) is 0 Å². The summed E-state index contributed by atoms with van der Waals surface area (Å²) in [6, 6.07) is 0. The number of hydrogen-bond donors (Lipinski definition) is 1. The average molecular weight is 392 g/mol. The molecule has 0 aliphatic heterocycles. The molecule has 0 aliphatic carbocycles. The average Bonchev–Trinajstić information content (AvgIpc) is 2.71. The molecule has 0 rings (SSSR count). The van der Waals surface area contributed by atoms with Crippen molar-refractivity contribution in [3.63, 3.8) is 0 Å². The monoisotopic (exact) mass is 391 g/mol. The summed E-state index contributed by atoms with van der Waals surface area (Å²) in [5, 5.41) is 3.75. The fraction of sp³-hybridized carbons (Fsp3) is 0.852. The van der Waals surface area contributed by atoms with Crippen molar-refractivity contribution in [3.05, 3.63) is 24.3 Å². The van der Waals surface area contributed by atoms with Crippen LogP contribution in [-0.2, 0) is 0 Å². The first-order chi connectivity index (χ1) is 13.6. The molecular formula is C27H53N. The zero-order valence-electron chi connectivity index (χ0n) is 20.2. The molecule has 1 atom stereocenters. The topological polar surface area (TPSA) is 12.0 Å². The van der Waals surface area contributed by atoms with E-state index >= 15 is 0 Å². The van der Waals surface area contributed by atoms with Gasteiger partial charge in [0.05, 0.1) is 0 Å². The van der Waals surface area contributed by atoms with E-state index in [2.05, 4.69) is 64.2 Å². The highest BCUT2D eigenvalue weighted by Crippen LogP contribution is 2.24. The molecule has 28 heavy (non-hydrogen) atoms. The molecular weight excluding hydrogens is 338 g/mol. The molecule has 1 nitrogen and oxygen atoms in total. The van der Waals surface area contributed by atoms with E-state index < -0.39 is 0 Å². The summed E-state index contributed by atoms with van der Waals surface area (Å²) in [5.41, 5.74) is 0.464. The maximum absolute atomic E-state index is 3.75. The lowest BCUT2D eigenvalue weighted by atomic mass is 9.84. The lowest BCUT2D eigenvalue weighted by Crippen LogP contribution is -2.33. The van der Waals surface area contributed by atoms with Crippen LogP contribution in [0.2, 0.25) is 0 Å². The summed E-state index contributed by atoms with van der Waals surface area (Å²) >= 11 is 0. The fourth-order valence-electron chi connectivity index (χ4n) is 3.71. The third-order valence-corrected chi connectivity index (χ3v) is 6.47. The van der Waals surface area contributed by atoms with Crippen LogP contribution in [-0.4, -0.2) is 13.1 Å². The van der Waals surface area contributed by atoms with E-state index in [1.807, 2.05) is 0 Å². The molecule has 1 N–H and O–H groups in total. The van der Waals surface area contributed by atoms with Crippen molar-refractivity contribution in [2.75, 3.05) is 13.1 Å². The Kier molecular flexibility index (Phi) is 19.3. The van der Waals surface area contributed by atoms with Gasteiger partial charge in [0.15, 0.2) is 0 Å². The zero-order chi connectivity index (χ0) is 20.9. The normalized spacial score (nSPS) is 13.8. The molecule has 166 valence electrons. The Hall–Kier alpha value is -0.560. The molecule has 0 saturated heterocycles. The quantitative estimate of drug-likeness (QED) is 0.161. The second-order valence-corrected chi connectivity index (χ2v) is 9.10. The molecule has 0 radical (unpaired) electrons. The number of nitrogens with one attached hydrogen (secondary N) is 1. The molecule has 0 spiro atoms. The highest BCUT2D eigenvalue weighted by molar-refractivity contribution is 4.87. The number of unbranched alkanes of at least 4 members (excludes halogenated alkanes) is 9. The maximum Gasteiger partial charge on any atom is 0.00144 e. The molecule has 0 bridgehead atoms. The van der Waals surface area contributed by atoms with E-state index in [4.69, 9.17) is 0 Å². The van der Waals surface area contributed by atoms with Gasteiger partial charge in [-0.25, -0.2) is 0 Å². The minimum absolute atomic E-state index is 0.464. The van der Waals surface area contributed by atoms with Gasteiger partial charge in [-0.15, -0.1) is 0 Å². The van der Waals surface area contributed by atoms with Crippen LogP contribution in [0.15, 0.2) is 24.3 Å². The molecule has 0 aliphatic rings. The van der Waals surface area contributed by atoms with Crippen LogP contribution in [0.25, 0.3) is 0 Å². The van der Waals surface area contributed by atoms with E-state index in [9.17, 15) is 0 Å². The van der Waals surface area contributed by atoms with E-state index in [-0.39, 0.29) is 0 Å². The van der Waals surface area contributed by atoms with Gasteiger partial charge in [-0.3, -0.25) is 0 Å². The third-order valence-electron chi connectivity index (χ3n) is 6.47. The number of allylic oxidation sites excluding steroid dienone is 3. The molecule has 0 aromatic rings. The summed E-state index contributed by atoms with van der Waals surface area (Å²) in [6.07, 6.45) is 28.4. The van der Waals surface area contributed by atoms with Crippen molar-refractivity contribution < 1.29 is 0 Å². The van der Waals surface area contributed by atoms with Gasteiger partial charge in [0.25, 0.3) is 0 Å². The zero-order valence-corrected chi connectivity index (χ0v) is 20.2. The van der Waals surface area contributed by atoms with E-state index in [1.54, 1.807) is 0 Å². The van der Waals surface area contributed by atoms with Crippen LogP contribution in [0.4, 0.5) is 0 Å². The minimum atomic E-state index is 0.464. The van der Waals surface area contributed by atoms with Crippen molar-refractivity contribution in [3.8, 4) is 0 Å². The van der Waals surface area contributed by atoms with Crippen LogP contribution in [0.5, 0.6) is 0 Å². The van der Waals surface area contributed by atoms with E-state index in [0.29, 0.717) is 11.3 Å². The van der Waals surface area contributed by atoms with Crippen molar-refractivity contribution in [2.24, 2.45) is 11.3 Å².